The van der Waals surface area contributed by atoms with Crippen molar-refractivity contribution in [2.24, 2.45) is 0 Å². The number of hydrogen-bond donors (Lipinski definition) is 1. The number of nitrogens with one attached hydrogen (secondary N) is 1. The lowest BCUT2D eigenvalue weighted by Crippen LogP contribution is -2.45. The Morgan fingerprint density at radius 1 is 1.19 bits per heavy atom. The summed E-state index contributed by atoms with van der Waals surface area (Å²) in [6.45, 7) is 14.7. The fourth-order valence-corrected chi connectivity index (χ4v) is 3.51. The molecular formula is C23H33N3O. The maximum atomic E-state index is 6.03. The van der Waals surface area contributed by atoms with Crippen molar-refractivity contribution < 1.29 is 4.74 Å². The Hall–Kier alpha value is -1.91. The SMILES string of the molecule is CC(C)Oc1ccccc1[C@@H]1CN(Cc2ccc(C(C)(C)C)nc2)CCN1. The summed E-state index contributed by atoms with van der Waals surface area (Å²) in [5, 5.41) is 3.66. The smallest absolute Gasteiger partial charge is 0.124 e. The van der Waals surface area contributed by atoms with Crippen LogP contribution < -0.4 is 10.1 Å². The van der Waals surface area contributed by atoms with E-state index in [1.54, 1.807) is 0 Å². The minimum atomic E-state index is 0.0960. The molecule has 1 aromatic carbocycles. The average Bonchev–Trinajstić information content (AvgIpc) is 2.62. The number of rotatable bonds is 5. The van der Waals surface area contributed by atoms with Crippen molar-refractivity contribution in [3.8, 4) is 5.75 Å². The molecule has 0 saturated carbocycles. The molecule has 3 rings (SSSR count). The lowest BCUT2D eigenvalue weighted by molar-refractivity contribution is 0.186. The largest absolute Gasteiger partial charge is 0.491 e. The van der Waals surface area contributed by atoms with Crippen molar-refractivity contribution in [2.45, 2.75) is 58.7 Å². The standard InChI is InChI=1S/C23H33N3O/c1-17(2)27-21-9-7-6-8-19(21)20-16-26(13-12-24-20)15-18-10-11-22(25-14-18)23(3,4)5/h6-11,14,17,20,24H,12-13,15-16H2,1-5H3/t20-/m0/s1. The van der Waals surface area contributed by atoms with E-state index in [9.17, 15) is 0 Å². The summed E-state index contributed by atoms with van der Waals surface area (Å²) >= 11 is 0. The van der Waals surface area contributed by atoms with Crippen LogP contribution in [-0.2, 0) is 12.0 Å². The number of piperazine rings is 1. The fraction of sp³-hybridized carbons (Fsp3) is 0.522. The lowest BCUT2D eigenvalue weighted by Gasteiger charge is -2.34. The molecule has 2 heterocycles. The molecular weight excluding hydrogens is 334 g/mol. The summed E-state index contributed by atoms with van der Waals surface area (Å²) in [6.07, 6.45) is 2.21. The van der Waals surface area contributed by atoms with Crippen molar-refractivity contribution >= 4 is 0 Å². The number of aromatic nitrogens is 1. The zero-order valence-corrected chi connectivity index (χ0v) is 17.3. The lowest BCUT2D eigenvalue weighted by atomic mass is 9.91. The number of nitrogens with zero attached hydrogens (tertiary/aromatic N) is 2. The number of benzene rings is 1. The van der Waals surface area contributed by atoms with Crippen LogP contribution in [0.3, 0.4) is 0 Å². The van der Waals surface area contributed by atoms with Crippen molar-refractivity contribution in [3.05, 3.63) is 59.4 Å². The first-order valence-electron chi connectivity index (χ1n) is 9.99. The van der Waals surface area contributed by atoms with Gasteiger partial charge < -0.3 is 10.1 Å². The summed E-state index contributed by atoms with van der Waals surface area (Å²) in [5.41, 5.74) is 3.76. The third-order valence-corrected chi connectivity index (χ3v) is 4.92. The molecule has 0 radical (unpaired) electrons. The molecule has 2 aromatic rings. The van der Waals surface area contributed by atoms with E-state index in [1.807, 2.05) is 12.3 Å². The van der Waals surface area contributed by atoms with Gasteiger partial charge in [-0.3, -0.25) is 9.88 Å². The van der Waals surface area contributed by atoms with E-state index in [-0.39, 0.29) is 17.6 Å². The molecule has 1 aliphatic heterocycles. The number of hydrogen-bond acceptors (Lipinski definition) is 4. The van der Waals surface area contributed by atoms with Crippen molar-refractivity contribution in [3.63, 3.8) is 0 Å². The van der Waals surface area contributed by atoms with Crippen LogP contribution in [0.25, 0.3) is 0 Å². The number of pyridine rings is 1. The molecule has 27 heavy (non-hydrogen) atoms. The molecule has 1 fully saturated rings. The Labute approximate surface area is 164 Å². The Kier molecular flexibility index (Phi) is 6.18. The molecule has 4 nitrogen and oxygen atoms in total. The third-order valence-electron chi connectivity index (χ3n) is 4.92. The summed E-state index contributed by atoms with van der Waals surface area (Å²) in [5.74, 6) is 0.989. The maximum Gasteiger partial charge on any atom is 0.124 e. The summed E-state index contributed by atoms with van der Waals surface area (Å²) in [7, 11) is 0. The second kappa shape index (κ2) is 8.41. The molecule has 4 heteroatoms. The zero-order valence-electron chi connectivity index (χ0n) is 17.3. The van der Waals surface area contributed by atoms with Crippen molar-refractivity contribution in [1.29, 1.82) is 0 Å². The van der Waals surface area contributed by atoms with E-state index < -0.39 is 0 Å². The topological polar surface area (TPSA) is 37.4 Å². The first-order valence-corrected chi connectivity index (χ1v) is 9.99. The molecule has 1 saturated heterocycles. The minimum absolute atomic E-state index is 0.0960. The minimum Gasteiger partial charge on any atom is -0.491 e. The highest BCUT2D eigenvalue weighted by Crippen LogP contribution is 2.28. The number of para-hydroxylation sites is 1. The summed E-state index contributed by atoms with van der Waals surface area (Å²) < 4.78 is 6.03. The summed E-state index contributed by atoms with van der Waals surface area (Å²) in [4.78, 5) is 7.18. The van der Waals surface area contributed by atoms with Gasteiger partial charge in [-0.1, -0.05) is 45.0 Å². The van der Waals surface area contributed by atoms with Gasteiger partial charge in [-0.15, -0.1) is 0 Å². The highest BCUT2D eigenvalue weighted by atomic mass is 16.5. The van der Waals surface area contributed by atoms with E-state index in [0.717, 1.165) is 37.6 Å². The van der Waals surface area contributed by atoms with Gasteiger partial charge in [0, 0.05) is 55.1 Å². The highest BCUT2D eigenvalue weighted by Gasteiger charge is 2.24. The second-order valence-corrected chi connectivity index (χ2v) is 8.75. The van der Waals surface area contributed by atoms with Crippen LogP contribution in [0.15, 0.2) is 42.6 Å². The first-order chi connectivity index (χ1) is 12.8. The van der Waals surface area contributed by atoms with Crippen LogP contribution in [0.2, 0.25) is 0 Å². The van der Waals surface area contributed by atoms with Crippen LogP contribution in [0, 0.1) is 0 Å². The van der Waals surface area contributed by atoms with E-state index >= 15 is 0 Å². The molecule has 1 aromatic heterocycles. The Bertz CT molecular complexity index is 734. The molecule has 0 aliphatic carbocycles. The molecule has 0 unspecified atom stereocenters. The van der Waals surface area contributed by atoms with Gasteiger partial charge in [-0.05, 0) is 31.5 Å². The second-order valence-electron chi connectivity index (χ2n) is 8.75. The Morgan fingerprint density at radius 3 is 2.63 bits per heavy atom. The van der Waals surface area contributed by atoms with E-state index in [0.29, 0.717) is 0 Å². The molecule has 1 aliphatic rings. The van der Waals surface area contributed by atoms with Crippen molar-refractivity contribution in [2.75, 3.05) is 19.6 Å². The molecule has 1 atom stereocenters. The average molecular weight is 368 g/mol. The van der Waals surface area contributed by atoms with Gasteiger partial charge in [0.05, 0.1) is 6.10 Å². The third kappa shape index (κ3) is 5.30. The van der Waals surface area contributed by atoms with E-state index in [4.69, 9.17) is 4.74 Å². The van der Waals surface area contributed by atoms with Gasteiger partial charge in [-0.25, -0.2) is 0 Å². The van der Waals surface area contributed by atoms with Gasteiger partial charge in [-0.2, -0.15) is 0 Å². The predicted octanol–water partition coefficient (Wildman–Crippen LogP) is 4.31. The van der Waals surface area contributed by atoms with Gasteiger partial charge >= 0.3 is 0 Å². The molecule has 0 amide bonds. The maximum absolute atomic E-state index is 6.03. The van der Waals surface area contributed by atoms with Gasteiger partial charge in [0.1, 0.15) is 5.75 Å². The van der Waals surface area contributed by atoms with Crippen LogP contribution in [0.5, 0.6) is 5.75 Å². The number of ether oxygens (including phenoxy) is 1. The Morgan fingerprint density at radius 2 is 1.96 bits per heavy atom. The predicted molar refractivity (Wildman–Crippen MR) is 111 cm³/mol. The van der Waals surface area contributed by atoms with E-state index in [2.05, 4.69) is 80.2 Å². The van der Waals surface area contributed by atoms with Crippen LogP contribution >= 0.6 is 0 Å². The van der Waals surface area contributed by atoms with Gasteiger partial charge in [0.25, 0.3) is 0 Å². The first kappa shape index (κ1) is 19.8. The molecule has 146 valence electrons. The van der Waals surface area contributed by atoms with Gasteiger partial charge in [0.15, 0.2) is 0 Å². The van der Waals surface area contributed by atoms with Crippen LogP contribution in [0.4, 0.5) is 0 Å². The Balaban J connectivity index is 1.68. The molecule has 0 bridgehead atoms. The normalized spacial score (nSPS) is 18.7. The van der Waals surface area contributed by atoms with Crippen LogP contribution in [0.1, 0.15) is 57.5 Å². The van der Waals surface area contributed by atoms with Crippen molar-refractivity contribution in [1.82, 2.24) is 15.2 Å². The molecule has 0 spiro atoms. The fourth-order valence-electron chi connectivity index (χ4n) is 3.51. The highest BCUT2D eigenvalue weighted by molar-refractivity contribution is 5.36. The van der Waals surface area contributed by atoms with Crippen LogP contribution in [-0.4, -0.2) is 35.6 Å². The quantitative estimate of drug-likeness (QED) is 0.854. The zero-order chi connectivity index (χ0) is 19.4. The monoisotopic (exact) mass is 367 g/mol. The van der Waals surface area contributed by atoms with Gasteiger partial charge in [0.2, 0.25) is 0 Å². The molecule has 1 N–H and O–H groups in total. The summed E-state index contributed by atoms with van der Waals surface area (Å²) in [6, 6.07) is 13.1. The van der Waals surface area contributed by atoms with E-state index in [1.165, 1.54) is 11.1 Å².